The number of carbonyl (C=O) groups excluding carboxylic acids is 1. The van der Waals surface area contributed by atoms with E-state index in [2.05, 4.69) is 5.32 Å². The number of amides is 1. The molecule has 1 aliphatic carbocycles. The molecule has 0 atom stereocenters. The fraction of sp³-hybridized carbons (Fsp3) is 0.533. The van der Waals surface area contributed by atoms with Gasteiger partial charge in [0, 0.05) is 11.6 Å². The van der Waals surface area contributed by atoms with Crippen molar-refractivity contribution in [3.63, 3.8) is 0 Å². The minimum atomic E-state index is 0. The van der Waals surface area contributed by atoms with Gasteiger partial charge in [0.05, 0.1) is 7.11 Å². The lowest BCUT2D eigenvalue weighted by atomic mass is 9.81. The molecule has 0 heterocycles. The second-order valence-electron chi connectivity index (χ2n) is 5.17. The van der Waals surface area contributed by atoms with E-state index in [4.69, 9.17) is 10.5 Å². The van der Waals surface area contributed by atoms with Crippen LogP contribution in [0.1, 0.15) is 25.7 Å². The van der Waals surface area contributed by atoms with Crippen LogP contribution in [0.2, 0.25) is 0 Å². The van der Waals surface area contributed by atoms with Crippen molar-refractivity contribution in [2.24, 2.45) is 17.6 Å². The van der Waals surface area contributed by atoms with Crippen LogP contribution < -0.4 is 15.8 Å². The maximum Gasteiger partial charge on any atom is 0.227 e. The quantitative estimate of drug-likeness (QED) is 0.898. The summed E-state index contributed by atoms with van der Waals surface area (Å²) in [7, 11) is 1.63. The molecule has 1 amide bonds. The van der Waals surface area contributed by atoms with Gasteiger partial charge in [-0.3, -0.25) is 4.79 Å². The Morgan fingerprint density at radius 2 is 1.85 bits per heavy atom. The lowest BCUT2D eigenvalue weighted by molar-refractivity contribution is -0.121. The Hall–Kier alpha value is -1.26. The van der Waals surface area contributed by atoms with E-state index in [1.54, 1.807) is 7.11 Å². The molecule has 1 aromatic rings. The molecule has 2 rings (SSSR count). The highest BCUT2D eigenvalue weighted by molar-refractivity contribution is 5.92. The maximum absolute atomic E-state index is 12.1. The van der Waals surface area contributed by atoms with Crippen molar-refractivity contribution in [2.75, 3.05) is 19.0 Å². The number of anilines is 1. The summed E-state index contributed by atoms with van der Waals surface area (Å²) in [4.78, 5) is 12.1. The molecular weight excluding hydrogens is 276 g/mol. The first-order valence-electron chi connectivity index (χ1n) is 6.88. The number of halogens is 1. The molecule has 3 N–H and O–H groups in total. The fourth-order valence-electron chi connectivity index (χ4n) is 2.58. The first-order valence-corrected chi connectivity index (χ1v) is 6.88. The Labute approximate surface area is 126 Å². The highest BCUT2D eigenvalue weighted by atomic mass is 35.5. The highest BCUT2D eigenvalue weighted by Crippen LogP contribution is 2.29. The predicted molar refractivity (Wildman–Crippen MR) is 83.4 cm³/mol. The lowest BCUT2D eigenvalue weighted by Gasteiger charge is -2.26. The molecule has 5 heteroatoms. The molecule has 1 fully saturated rings. The minimum Gasteiger partial charge on any atom is -0.497 e. The van der Waals surface area contributed by atoms with E-state index in [0.29, 0.717) is 5.92 Å². The SMILES string of the molecule is COc1ccc(NC(=O)[C@H]2CC[C@H](CN)CC2)cc1.Cl. The standard InChI is InChI=1S/C15H22N2O2.ClH/c1-19-14-8-6-13(7-9-14)17-15(18)12-4-2-11(10-16)3-5-12;/h6-9,11-12H,2-5,10,16H2,1H3,(H,17,18);1H/t11-,12-;. The minimum absolute atomic E-state index is 0. The van der Waals surface area contributed by atoms with Crippen molar-refractivity contribution < 1.29 is 9.53 Å². The summed E-state index contributed by atoms with van der Waals surface area (Å²) in [6.45, 7) is 0.743. The molecular formula is C15H23ClN2O2. The van der Waals surface area contributed by atoms with E-state index in [1.165, 1.54) is 0 Å². The number of carbonyl (C=O) groups is 1. The first-order chi connectivity index (χ1) is 9.22. The summed E-state index contributed by atoms with van der Waals surface area (Å²) in [6.07, 6.45) is 4.03. The summed E-state index contributed by atoms with van der Waals surface area (Å²) in [6, 6.07) is 7.42. The highest BCUT2D eigenvalue weighted by Gasteiger charge is 2.25. The van der Waals surface area contributed by atoms with Crippen LogP contribution in [0, 0.1) is 11.8 Å². The van der Waals surface area contributed by atoms with Crippen LogP contribution in [0.4, 0.5) is 5.69 Å². The van der Waals surface area contributed by atoms with E-state index in [0.717, 1.165) is 43.7 Å². The van der Waals surface area contributed by atoms with Gasteiger partial charge in [-0.25, -0.2) is 0 Å². The monoisotopic (exact) mass is 298 g/mol. The fourth-order valence-corrected chi connectivity index (χ4v) is 2.58. The van der Waals surface area contributed by atoms with Crippen LogP contribution in [-0.2, 0) is 4.79 Å². The summed E-state index contributed by atoms with van der Waals surface area (Å²) >= 11 is 0. The predicted octanol–water partition coefficient (Wildman–Crippen LogP) is 2.82. The molecule has 1 aromatic carbocycles. The summed E-state index contributed by atoms with van der Waals surface area (Å²) in [5, 5.41) is 2.97. The molecule has 1 aliphatic rings. The van der Waals surface area contributed by atoms with E-state index in [9.17, 15) is 4.79 Å². The maximum atomic E-state index is 12.1. The van der Waals surface area contributed by atoms with Crippen LogP contribution in [0.5, 0.6) is 5.75 Å². The Balaban J connectivity index is 0.00000200. The Morgan fingerprint density at radius 3 is 2.35 bits per heavy atom. The van der Waals surface area contributed by atoms with Gasteiger partial charge in [0.1, 0.15) is 5.75 Å². The third kappa shape index (κ3) is 4.39. The van der Waals surface area contributed by atoms with Crippen molar-refractivity contribution in [1.82, 2.24) is 0 Å². The van der Waals surface area contributed by atoms with Gasteiger partial charge in [-0.15, -0.1) is 12.4 Å². The van der Waals surface area contributed by atoms with Gasteiger partial charge in [-0.2, -0.15) is 0 Å². The van der Waals surface area contributed by atoms with Crippen LogP contribution in [0.3, 0.4) is 0 Å². The Kier molecular flexibility index (Phi) is 6.82. The average Bonchev–Trinajstić information content (AvgIpc) is 2.48. The second-order valence-corrected chi connectivity index (χ2v) is 5.17. The largest absolute Gasteiger partial charge is 0.497 e. The van der Waals surface area contributed by atoms with E-state index < -0.39 is 0 Å². The number of hydrogen-bond donors (Lipinski definition) is 2. The first kappa shape index (κ1) is 16.8. The van der Waals surface area contributed by atoms with E-state index in [-0.39, 0.29) is 24.2 Å². The van der Waals surface area contributed by atoms with E-state index >= 15 is 0 Å². The number of benzene rings is 1. The van der Waals surface area contributed by atoms with Gasteiger partial charge >= 0.3 is 0 Å². The van der Waals surface area contributed by atoms with Gasteiger partial charge in [-0.1, -0.05) is 0 Å². The zero-order valence-electron chi connectivity index (χ0n) is 11.8. The second kappa shape index (κ2) is 8.12. The molecule has 0 saturated heterocycles. The number of nitrogens with two attached hydrogens (primary N) is 1. The summed E-state index contributed by atoms with van der Waals surface area (Å²) in [5.74, 6) is 1.65. The van der Waals surface area contributed by atoms with Gasteiger partial charge in [0.2, 0.25) is 5.91 Å². The number of methoxy groups -OCH3 is 1. The van der Waals surface area contributed by atoms with Gasteiger partial charge in [0.15, 0.2) is 0 Å². The molecule has 0 bridgehead atoms. The molecule has 0 spiro atoms. The van der Waals surface area contributed by atoms with Crippen LogP contribution in [0.15, 0.2) is 24.3 Å². The molecule has 0 radical (unpaired) electrons. The normalized spacial score (nSPS) is 21.7. The van der Waals surface area contributed by atoms with Gasteiger partial charge in [0.25, 0.3) is 0 Å². The molecule has 20 heavy (non-hydrogen) atoms. The third-order valence-corrected chi connectivity index (χ3v) is 3.91. The zero-order valence-corrected chi connectivity index (χ0v) is 12.6. The van der Waals surface area contributed by atoms with Crippen molar-refractivity contribution >= 4 is 24.0 Å². The molecule has 4 nitrogen and oxygen atoms in total. The number of nitrogens with one attached hydrogen (secondary N) is 1. The Morgan fingerprint density at radius 1 is 1.25 bits per heavy atom. The number of ether oxygens (including phenoxy) is 1. The summed E-state index contributed by atoms with van der Waals surface area (Å²) in [5.41, 5.74) is 6.49. The van der Waals surface area contributed by atoms with Crippen molar-refractivity contribution in [3.8, 4) is 5.75 Å². The molecule has 112 valence electrons. The lowest BCUT2D eigenvalue weighted by Crippen LogP contribution is -2.29. The molecule has 1 saturated carbocycles. The zero-order chi connectivity index (χ0) is 13.7. The van der Waals surface area contributed by atoms with Crippen LogP contribution >= 0.6 is 12.4 Å². The van der Waals surface area contributed by atoms with Crippen LogP contribution in [-0.4, -0.2) is 19.6 Å². The molecule has 0 aromatic heterocycles. The smallest absolute Gasteiger partial charge is 0.227 e. The van der Waals surface area contributed by atoms with E-state index in [1.807, 2.05) is 24.3 Å². The molecule has 0 aliphatic heterocycles. The topological polar surface area (TPSA) is 64.3 Å². The Bertz CT molecular complexity index is 414. The van der Waals surface area contributed by atoms with Crippen molar-refractivity contribution in [2.45, 2.75) is 25.7 Å². The van der Waals surface area contributed by atoms with Crippen molar-refractivity contribution in [3.05, 3.63) is 24.3 Å². The van der Waals surface area contributed by atoms with Crippen LogP contribution in [0.25, 0.3) is 0 Å². The average molecular weight is 299 g/mol. The van der Waals surface area contributed by atoms with Crippen molar-refractivity contribution in [1.29, 1.82) is 0 Å². The summed E-state index contributed by atoms with van der Waals surface area (Å²) < 4.78 is 5.09. The van der Waals surface area contributed by atoms with Gasteiger partial charge < -0.3 is 15.8 Å². The third-order valence-electron chi connectivity index (χ3n) is 3.91. The molecule has 0 unspecified atom stereocenters. The van der Waals surface area contributed by atoms with Gasteiger partial charge in [-0.05, 0) is 62.4 Å². The number of hydrogen-bond acceptors (Lipinski definition) is 3. The number of rotatable bonds is 4.